The number of carbonyl (C=O) groups is 5. The molecule has 5 N–H and O–H groups in total. The van der Waals surface area contributed by atoms with Gasteiger partial charge in [0.05, 0.1) is 5.69 Å². The second kappa shape index (κ2) is 11.6. The van der Waals surface area contributed by atoms with Gasteiger partial charge in [-0.1, -0.05) is 41.9 Å². The van der Waals surface area contributed by atoms with Gasteiger partial charge < -0.3 is 26.0 Å². The highest BCUT2D eigenvalue weighted by Gasteiger charge is 2.26. The van der Waals surface area contributed by atoms with Crippen LogP contribution in [0.2, 0.25) is 5.02 Å². The summed E-state index contributed by atoms with van der Waals surface area (Å²) >= 11 is 5.98. The number of hydrogen-bond donors (Lipinski definition) is 5. The van der Waals surface area contributed by atoms with Crippen LogP contribution in [0.15, 0.2) is 72.8 Å². The molecule has 0 unspecified atom stereocenters. The van der Waals surface area contributed by atoms with E-state index in [-0.39, 0.29) is 34.2 Å². The zero-order valence-electron chi connectivity index (χ0n) is 20.6. The number of carboxylic acids is 1. The molecule has 0 saturated heterocycles. The van der Waals surface area contributed by atoms with Gasteiger partial charge in [0.15, 0.2) is 5.78 Å². The van der Waals surface area contributed by atoms with Crippen molar-refractivity contribution in [1.29, 1.82) is 0 Å². The lowest BCUT2D eigenvalue weighted by Crippen LogP contribution is -2.49. The van der Waals surface area contributed by atoms with Crippen LogP contribution in [0.1, 0.15) is 33.3 Å². The fourth-order valence-electron chi connectivity index (χ4n) is 3.94. The number of aromatic amines is 1. The minimum absolute atomic E-state index is 0.00124. The Morgan fingerprint density at radius 3 is 2.33 bits per heavy atom. The minimum Gasteiger partial charge on any atom is -0.477 e. The van der Waals surface area contributed by atoms with Gasteiger partial charge in [-0.05, 0) is 55.0 Å². The first-order valence-corrected chi connectivity index (χ1v) is 12.1. The maximum atomic E-state index is 13.2. The summed E-state index contributed by atoms with van der Waals surface area (Å²) in [7, 11) is 0. The topological polar surface area (TPSA) is 157 Å². The van der Waals surface area contributed by atoms with Gasteiger partial charge in [-0.25, -0.2) is 4.79 Å². The average Bonchev–Trinajstić information content (AvgIpc) is 3.32. The number of carbonyl (C=O) groups excluding carboxylic acids is 4. The number of carboxylic acid groups (broad SMARTS) is 1. The highest BCUT2D eigenvalue weighted by molar-refractivity contribution is 6.40. The average molecular weight is 547 g/mol. The summed E-state index contributed by atoms with van der Waals surface area (Å²) in [4.78, 5) is 64.7. The highest BCUT2D eigenvalue weighted by Crippen LogP contribution is 2.22. The molecule has 198 valence electrons. The van der Waals surface area contributed by atoms with Crippen LogP contribution in [0.5, 0.6) is 0 Å². The van der Waals surface area contributed by atoms with E-state index in [0.717, 1.165) is 5.56 Å². The van der Waals surface area contributed by atoms with Gasteiger partial charge in [0.25, 0.3) is 0 Å². The summed E-state index contributed by atoms with van der Waals surface area (Å²) in [6, 6.07) is 18.3. The number of benzene rings is 3. The van der Waals surface area contributed by atoms with Crippen LogP contribution in [0, 0.1) is 0 Å². The highest BCUT2D eigenvalue weighted by atomic mass is 35.5. The van der Waals surface area contributed by atoms with E-state index in [1.165, 1.54) is 31.2 Å². The fraction of sp³-hybridized carbons (Fsp3) is 0.107. The molecule has 0 fully saturated rings. The molecule has 0 aliphatic rings. The van der Waals surface area contributed by atoms with E-state index < -0.39 is 29.7 Å². The van der Waals surface area contributed by atoms with Crippen LogP contribution in [0.4, 0.5) is 11.4 Å². The van der Waals surface area contributed by atoms with Crippen molar-refractivity contribution in [3.63, 3.8) is 0 Å². The van der Waals surface area contributed by atoms with Gasteiger partial charge in [-0.15, -0.1) is 0 Å². The first kappa shape index (κ1) is 27.1. The Morgan fingerprint density at radius 1 is 0.897 bits per heavy atom. The summed E-state index contributed by atoms with van der Waals surface area (Å²) in [6.45, 7) is 1.31. The predicted molar refractivity (Wildman–Crippen MR) is 146 cm³/mol. The van der Waals surface area contributed by atoms with Crippen molar-refractivity contribution in [2.75, 3.05) is 10.6 Å². The number of amides is 3. The Kier molecular flexibility index (Phi) is 8.07. The van der Waals surface area contributed by atoms with E-state index >= 15 is 0 Å². The molecular formula is C28H23ClN4O6. The third kappa shape index (κ3) is 6.68. The zero-order chi connectivity index (χ0) is 28.1. The largest absolute Gasteiger partial charge is 0.477 e. The SMILES string of the molecule is CC(=O)c1ccc(Cl)cc1NC(=O)C(=O)N[C@@H](Cc1ccccc1)C(=O)Nc1ccc2[nH]c(C(=O)O)cc2c1. The van der Waals surface area contributed by atoms with Crippen molar-refractivity contribution < 1.29 is 29.1 Å². The second-order valence-corrected chi connectivity index (χ2v) is 9.13. The summed E-state index contributed by atoms with van der Waals surface area (Å²) in [5.41, 5.74) is 1.91. The lowest BCUT2D eigenvalue weighted by molar-refractivity contribution is -0.137. The smallest absolute Gasteiger partial charge is 0.352 e. The van der Waals surface area contributed by atoms with Crippen molar-refractivity contribution in [3.05, 3.63) is 94.6 Å². The van der Waals surface area contributed by atoms with Gasteiger partial charge in [-0.2, -0.15) is 0 Å². The van der Waals surface area contributed by atoms with Crippen molar-refractivity contribution in [2.45, 2.75) is 19.4 Å². The molecule has 0 bridgehead atoms. The number of fused-ring (bicyclic) bond motifs is 1. The number of H-pyrrole nitrogens is 1. The van der Waals surface area contributed by atoms with Crippen LogP contribution in [0.3, 0.4) is 0 Å². The molecule has 0 saturated carbocycles. The molecule has 4 aromatic rings. The van der Waals surface area contributed by atoms with E-state index in [1.807, 2.05) is 0 Å². The molecule has 1 heterocycles. The molecule has 1 atom stereocenters. The molecule has 0 aliphatic carbocycles. The van der Waals surface area contributed by atoms with Crippen LogP contribution in [-0.4, -0.2) is 45.6 Å². The molecule has 0 radical (unpaired) electrons. The maximum absolute atomic E-state index is 13.2. The first-order valence-electron chi connectivity index (χ1n) is 11.7. The zero-order valence-corrected chi connectivity index (χ0v) is 21.3. The fourth-order valence-corrected chi connectivity index (χ4v) is 4.12. The van der Waals surface area contributed by atoms with Gasteiger partial charge in [-0.3, -0.25) is 19.2 Å². The molecule has 3 aromatic carbocycles. The van der Waals surface area contributed by atoms with E-state index in [2.05, 4.69) is 20.9 Å². The van der Waals surface area contributed by atoms with Crippen molar-refractivity contribution >= 4 is 63.4 Å². The third-order valence-electron chi connectivity index (χ3n) is 5.84. The van der Waals surface area contributed by atoms with Crippen LogP contribution >= 0.6 is 11.6 Å². The Morgan fingerprint density at radius 2 is 1.64 bits per heavy atom. The Labute approximate surface area is 227 Å². The Balaban J connectivity index is 1.53. The molecular weight excluding hydrogens is 524 g/mol. The third-order valence-corrected chi connectivity index (χ3v) is 6.07. The van der Waals surface area contributed by atoms with Crippen LogP contribution in [0.25, 0.3) is 10.9 Å². The van der Waals surface area contributed by atoms with E-state index in [1.54, 1.807) is 48.5 Å². The lowest BCUT2D eigenvalue weighted by atomic mass is 10.0. The van der Waals surface area contributed by atoms with Gasteiger partial charge in [0.1, 0.15) is 11.7 Å². The number of halogens is 1. The molecule has 10 nitrogen and oxygen atoms in total. The normalized spacial score (nSPS) is 11.4. The van der Waals surface area contributed by atoms with Crippen molar-refractivity contribution in [1.82, 2.24) is 10.3 Å². The standard InChI is InChI=1S/C28H23ClN4O6/c1-15(34)20-9-7-18(29)14-22(20)32-26(36)27(37)33-23(11-16-5-3-2-4-6-16)25(35)30-19-8-10-21-17(12-19)13-24(31-21)28(38)39/h2-10,12-14,23,31H,11H2,1H3,(H,30,35)(H,32,36)(H,33,37)(H,38,39)/t23-/m0/s1. The van der Waals surface area contributed by atoms with Crippen molar-refractivity contribution in [2.24, 2.45) is 0 Å². The van der Waals surface area contributed by atoms with Gasteiger partial charge >= 0.3 is 17.8 Å². The Hall–Kier alpha value is -4.96. The number of Topliss-reactive ketones (excluding diaryl/α,β-unsaturated/α-hetero) is 1. The summed E-state index contributed by atoms with van der Waals surface area (Å²) in [6.07, 6.45) is 0.0805. The monoisotopic (exact) mass is 546 g/mol. The molecule has 11 heteroatoms. The number of nitrogens with one attached hydrogen (secondary N) is 4. The quantitative estimate of drug-likeness (QED) is 0.166. The van der Waals surface area contributed by atoms with Gasteiger partial charge in [0.2, 0.25) is 5.91 Å². The molecule has 0 spiro atoms. The minimum atomic E-state index is -1.14. The van der Waals surface area contributed by atoms with E-state index in [4.69, 9.17) is 11.6 Å². The second-order valence-electron chi connectivity index (χ2n) is 8.70. The summed E-state index contributed by atoms with van der Waals surface area (Å²) in [5, 5.41) is 17.6. The predicted octanol–water partition coefficient (Wildman–Crippen LogP) is 4.03. The number of rotatable bonds is 8. The van der Waals surface area contributed by atoms with E-state index in [9.17, 15) is 29.1 Å². The number of aromatic nitrogens is 1. The molecule has 3 amide bonds. The molecule has 1 aromatic heterocycles. The van der Waals surface area contributed by atoms with Crippen LogP contribution < -0.4 is 16.0 Å². The molecule has 39 heavy (non-hydrogen) atoms. The number of aromatic carboxylic acids is 1. The van der Waals surface area contributed by atoms with Crippen LogP contribution in [-0.2, 0) is 20.8 Å². The van der Waals surface area contributed by atoms with Crippen molar-refractivity contribution in [3.8, 4) is 0 Å². The number of anilines is 2. The number of hydrogen-bond acceptors (Lipinski definition) is 5. The Bertz CT molecular complexity index is 1600. The maximum Gasteiger partial charge on any atom is 0.352 e. The van der Waals surface area contributed by atoms with Gasteiger partial charge in [0, 0.05) is 33.6 Å². The summed E-state index contributed by atoms with van der Waals surface area (Å²) < 4.78 is 0. The lowest BCUT2D eigenvalue weighted by Gasteiger charge is -2.19. The molecule has 4 rings (SSSR count). The summed E-state index contributed by atoms with van der Waals surface area (Å²) in [5.74, 6) is -4.22. The first-order chi connectivity index (χ1) is 18.6. The molecule has 0 aliphatic heterocycles. The van der Waals surface area contributed by atoms with E-state index in [0.29, 0.717) is 16.6 Å². The number of ketones is 1.